The van der Waals surface area contributed by atoms with E-state index in [0.29, 0.717) is 13.1 Å². The van der Waals surface area contributed by atoms with Crippen LogP contribution in [0.15, 0.2) is 54.6 Å². The van der Waals surface area contributed by atoms with Crippen LogP contribution in [-0.2, 0) is 11.3 Å². The molecule has 0 bridgehead atoms. The molecule has 0 N–H and O–H groups in total. The molecule has 0 atom stereocenters. The first kappa shape index (κ1) is 17.6. The number of nitrogens with zero attached hydrogens (tertiary/aromatic N) is 3. The zero-order chi connectivity index (χ0) is 17.6. The third-order valence-electron chi connectivity index (χ3n) is 4.19. The third-order valence-corrected chi connectivity index (χ3v) is 5.25. The van der Waals surface area contributed by atoms with Gasteiger partial charge in [0.25, 0.3) is 0 Å². The number of hydrogen-bond acceptors (Lipinski definition) is 4. The summed E-state index contributed by atoms with van der Waals surface area (Å²) in [5, 5.41) is 0.782. The zero-order valence-electron chi connectivity index (χ0n) is 14.7. The molecule has 0 unspecified atom stereocenters. The second-order valence-corrected chi connectivity index (χ2v) is 6.90. The quantitative estimate of drug-likeness (QED) is 0.639. The van der Waals surface area contributed by atoms with Crippen molar-refractivity contribution >= 4 is 32.6 Å². The van der Waals surface area contributed by atoms with Gasteiger partial charge in [-0.3, -0.25) is 14.6 Å². The Morgan fingerprint density at radius 1 is 1.00 bits per heavy atom. The van der Waals surface area contributed by atoms with Gasteiger partial charge >= 0.3 is 0 Å². The van der Waals surface area contributed by atoms with E-state index >= 15 is 0 Å². The van der Waals surface area contributed by atoms with Gasteiger partial charge in [-0.15, -0.1) is 0 Å². The van der Waals surface area contributed by atoms with Crippen LogP contribution in [-0.4, -0.2) is 35.4 Å². The summed E-state index contributed by atoms with van der Waals surface area (Å²) in [4.78, 5) is 21.4. The van der Waals surface area contributed by atoms with E-state index in [1.165, 1.54) is 5.56 Å². The summed E-state index contributed by atoms with van der Waals surface area (Å²) in [6.45, 7) is 6.72. The molecule has 0 aliphatic heterocycles. The molecule has 0 fully saturated rings. The van der Waals surface area contributed by atoms with Crippen LogP contribution in [0, 0.1) is 0 Å². The van der Waals surface area contributed by atoms with Crippen molar-refractivity contribution in [3.63, 3.8) is 0 Å². The monoisotopic (exact) mass is 353 g/mol. The number of benzene rings is 2. The molecule has 25 heavy (non-hydrogen) atoms. The van der Waals surface area contributed by atoms with E-state index in [0.717, 1.165) is 28.4 Å². The minimum atomic E-state index is 0.0966. The topological polar surface area (TPSA) is 36.4 Å². The van der Waals surface area contributed by atoms with E-state index in [1.807, 2.05) is 49.4 Å². The van der Waals surface area contributed by atoms with Crippen molar-refractivity contribution in [1.82, 2.24) is 9.88 Å². The molecule has 130 valence electrons. The van der Waals surface area contributed by atoms with Gasteiger partial charge in [0, 0.05) is 13.1 Å². The first-order chi connectivity index (χ1) is 12.2. The van der Waals surface area contributed by atoms with Gasteiger partial charge in [0.1, 0.15) is 0 Å². The molecule has 5 heteroatoms. The van der Waals surface area contributed by atoms with Crippen LogP contribution in [0.4, 0.5) is 5.13 Å². The van der Waals surface area contributed by atoms with E-state index in [2.05, 4.69) is 28.9 Å². The van der Waals surface area contributed by atoms with Crippen molar-refractivity contribution in [2.75, 3.05) is 24.5 Å². The highest BCUT2D eigenvalue weighted by Gasteiger charge is 2.20. The van der Waals surface area contributed by atoms with Crippen LogP contribution in [0.25, 0.3) is 10.2 Å². The van der Waals surface area contributed by atoms with E-state index in [9.17, 15) is 4.79 Å². The highest BCUT2D eigenvalue weighted by Crippen LogP contribution is 2.28. The van der Waals surface area contributed by atoms with Gasteiger partial charge in [0.2, 0.25) is 5.91 Å². The summed E-state index contributed by atoms with van der Waals surface area (Å²) in [5.41, 5.74) is 2.17. The average molecular weight is 353 g/mol. The Balaban J connectivity index is 1.72. The molecule has 1 heterocycles. The van der Waals surface area contributed by atoms with Crippen LogP contribution in [0.2, 0.25) is 0 Å². The molecule has 4 nitrogen and oxygen atoms in total. The number of amides is 1. The maximum atomic E-state index is 12.9. The number of thiazole rings is 1. The summed E-state index contributed by atoms with van der Waals surface area (Å²) in [5.74, 6) is 0.0966. The SMILES string of the molecule is CCN(CC(=O)N(CC)c1nc2ccccc2s1)Cc1ccccc1. The maximum absolute atomic E-state index is 12.9. The van der Waals surface area contributed by atoms with E-state index < -0.39 is 0 Å². The number of carbonyl (C=O) groups excluding carboxylic acids is 1. The predicted molar refractivity (Wildman–Crippen MR) is 105 cm³/mol. The van der Waals surface area contributed by atoms with Crippen LogP contribution >= 0.6 is 11.3 Å². The first-order valence-corrected chi connectivity index (χ1v) is 9.45. The number of aromatic nitrogens is 1. The highest BCUT2D eigenvalue weighted by molar-refractivity contribution is 7.22. The molecular weight excluding hydrogens is 330 g/mol. The Morgan fingerprint density at radius 3 is 2.40 bits per heavy atom. The lowest BCUT2D eigenvalue weighted by Crippen LogP contribution is -2.40. The molecule has 0 aliphatic carbocycles. The van der Waals surface area contributed by atoms with E-state index in [1.54, 1.807) is 16.2 Å². The Morgan fingerprint density at radius 2 is 1.72 bits per heavy atom. The number of anilines is 1. The lowest BCUT2D eigenvalue weighted by molar-refractivity contribution is -0.119. The molecule has 0 radical (unpaired) electrons. The van der Waals surface area contributed by atoms with E-state index in [4.69, 9.17) is 0 Å². The zero-order valence-corrected chi connectivity index (χ0v) is 15.5. The second kappa shape index (κ2) is 8.23. The number of likely N-dealkylation sites (N-methyl/N-ethyl adjacent to an activating group) is 2. The van der Waals surface area contributed by atoms with Crippen LogP contribution in [0.5, 0.6) is 0 Å². The van der Waals surface area contributed by atoms with Gasteiger partial charge in [0.15, 0.2) is 5.13 Å². The normalized spacial score (nSPS) is 11.2. The Hall–Kier alpha value is -2.24. The van der Waals surface area contributed by atoms with Gasteiger partial charge in [-0.1, -0.05) is 60.7 Å². The van der Waals surface area contributed by atoms with Crippen molar-refractivity contribution in [2.45, 2.75) is 20.4 Å². The Bertz CT molecular complexity index is 798. The summed E-state index contributed by atoms with van der Waals surface area (Å²) in [6.07, 6.45) is 0. The molecule has 0 spiro atoms. The second-order valence-electron chi connectivity index (χ2n) is 5.89. The Labute approximate surface area is 152 Å². The molecule has 0 aliphatic rings. The molecular formula is C20H23N3OS. The molecule has 0 saturated heterocycles. The van der Waals surface area contributed by atoms with Crippen molar-refractivity contribution in [3.8, 4) is 0 Å². The number of rotatable bonds is 7. The van der Waals surface area contributed by atoms with Crippen molar-refractivity contribution in [2.24, 2.45) is 0 Å². The van der Waals surface area contributed by atoms with E-state index in [-0.39, 0.29) is 5.91 Å². The number of carbonyl (C=O) groups is 1. The fourth-order valence-electron chi connectivity index (χ4n) is 2.79. The van der Waals surface area contributed by atoms with Gasteiger partial charge in [0.05, 0.1) is 16.8 Å². The minimum Gasteiger partial charge on any atom is -0.290 e. The fourth-order valence-corrected chi connectivity index (χ4v) is 3.84. The molecule has 1 amide bonds. The van der Waals surface area contributed by atoms with Crippen LogP contribution < -0.4 is 4.90 Å². The smallest absolute Gasteiger partial charge is 0.242 e. The largest absolute Gasteiger partial charge is 0.290 e. The van der Waals surface area contributed by atoms with Crippen molar-refractivity contribution in [1.29, 1.82) is 0 Å². The van der Waals surface area contributed by atoms with Crippen molar-refractivity contribution < 1.29 is 4.79 Å². The standard InChI is InChI=1S/C20H23N3OS/c1-3-22(14-16-10-6-5-7-11-16)15-19(24)23(4-2)20-21-17-12-8-9-13-18(17)25-20/h5-13H,3-4,14-15H2,1-2H3. The van der Waals surface area contributed by atoms with Gasteiger partial charge in [-0.25, -0.2) is 4.98 Å². The maximum Gasteiger partial charge on any atom is 0.242 e. The third kappa shape index (κ3) is 4.24. The van der Waals surface area contributed by atoms with Gasteiger partial charge < -0.3 is 0 Å². The average Bonchev–Trinajstić information content (AvgIpc) is 3.06. The first-order valence-electron chi connectivity index (χ1n) is 8.63. The number of fused-ring (bicyclic) bond motifs is 1. The molecule has 0 saturated carbocycles. The lowest BCUT2D eigenvalue weighted by Gasteiger charge is -2.24. The summed E-state index contributed by atoms with van der Waals surface area (Å²) in [7, 11) is 0. The highest BCUT2D eigenvalue weighted by atomic mass is 32.1. The lowest BCUT2D eigenvalue weighted by atomic mass is 10.2. The molecule has 2 aromatic carbocycles. The molecule has 1 aromatic heterocycles. The summed E-state index contributed by atoms with van der Waals surface area (Å²) in [6, 6.07) is 18.3. The van der Waals surface area contributed by atoms with Crippen LogP contribution in [0.1, 0.15) is 19.4 Å². The summed E-state index contributed by atoms with van der Waals surface area (Å²) >= 11 is 1.57. The van der Waals surface area contributed by atoms with Gasteiger partial charge in [-0.2, -0.15) is 0 Å². The van der Waals surface area contributed by atoms with Crippen LogP contribution in [0.3, 0.4) is 0 Å². The molecule has 3 aromatic rings. The van der Waals surface area contributed by atoms with Crippen molar-refractivity contribution in [3.05, 3.63) is 60.2 Å². The Kier molecular flexibility index (Phi) is 5.79. The fraction of sp³-hybridized carbons (Fsp3) is 0.300. The van der Waals surface area contributed by atoms with Gasteiger partial charge in [-0.05, 0) is 31.2 Å². The number of hydrogen-bond donors (Lipinski definition) is 0. The molecule has 3 rings (SSSR count). The number of para-hydroxylation sites is 1. The summed E-state index contributed by atoms with van der Waals surface area (Å²) < 4.78 is 1.11. The minimum absolute atomic E-state index is 0.0966. The predicted octanol–water partition coefficient (Wildman–Crippen LogP) is 4.17.